The van der Waals surface area contributed by atoms with Crippen molar-refractivity contribution in [2.45, 2.75) is 38.5 Å². The van der Waals surface area contributed by atoms with Crippen LogP contribution in [-0.4, -0.2) is 36.6 Å². The molecule has 3 rings (SSSR count). The molecule has 0 unspecified atom stereocenters. The summed E-state index contributed by atoms with van der Waals surface area (Å²) in [6.07, 6.45) is 7.66. The third-order valence-electron chi connectivity index (χ3n) is 4.63. The van der Waals surface area contributed by atoms with Crippen molar-refractivity contribution in [1.29, 1.82) is 0 Å². The van der Waals surface area contributed by atoms with E-state index in [2.05, 4.69) is 29.4 Å². The lowest BCUT2D eigenvalue weighted by Gasteiger charge is -2.28. The molecule has 2 heterocycles. The van der Waals surface area contributed by atoms with Crippen molar-refractivity contribution in [1.82, 2.24) is 9.88 Å². The number of nitrogens with zero attached hydrogens (tertiary/aromatic N) is 2. The molecule has 1 aliphatic heterocycles. The van der Waals surface area contributed by atoms with Crippen LogP contribution in [0.15, 0.2) is 12.1 Å². The largest absolute Gasteiger partial charge is 0.370 e. The molecule has 3 heteroatoms. The number of piperidine rings is 1. The molecule has 0 radical (unpaired) electrons. The molecule has 0 amide bonds. The van der Waals surface area contributed by atoms with E-state index >= 15 is 0 Å². The zero-order chi connectivity index (χ0) is 13.1. The zero-order valence-corrected chi connectivity index (χ0v) is 12.0. The van der Waals surface area contributed by atoms with Crippen LogP contribution in [0.3, 0.4) is 0 Å². The number of pyridine rings is 1. The van der Waals surface area contributed by atoms with Crippen LogP contribution in [0.2, 0.25) is 0 Å². The van der Waals surface area contributed by atoms with E-state index < -0.39 is 0 Å². The van der Waals surface area contributed by atoms with E-state index in [0.717, 1.165) is 18.3 Å². The van der Waals surface area contributed by atoms with Crippen LogP contribution < -0.4 is 5.32 Å². The number of nitrogens with one attached hydrogen (secondary N) is 1. The van der Waals surface area contributed by atoms with Crippen LogP contribution in [-0.2, 0) is 12.8 Å². The van der Waals surface area contributed by atoms with Gasteiger partial charge in [-0.15, -0.1) is 0 Å². The Labute approximate surface area is 116 Å². The minimum Gasteiger partial charge on any atom is -0.370 e. The lowest BCUT2D eigenvalue weighted by Crippen LogP contribution is -2.30. The van der Waals surface area contributed by atoms with Crippen LogP contribution in [0.5, 0.6) is 0 Å². The highest BCUT2D eigenvalue weighted by molar-refractivity contribution is 5.40. The number of anilines is 1. The minimum atomic E-state index is 0.901. The van der Waals surface area contributed by atoms with Crippen molar-refractivity contribution in [2.75, 3.05) is 32.0 Å². The van der Waals surface area contributed by atoms with Gasteiger partial charge in [-0.1, -0.05) is 6.07 Å². The van der Waals surface area contributed by atoms with Gasteiger partial charge in [-0.2, -0.15) is 0 Å². The van der Waals surface area contributed by atoms with Crippen molar-refractivity contribution in [3.8, 4) is 0 Å². The summed E-state index contributed by atoms with van der Waals surface area (Å²) >= 11 is 0. The topological polar surface area (TPSA) is 28.2 Å². The van der Waals surface area contributed by atoms with Crippen LogP contribution >= 0.6 is 0 Å². The Hall–Kier alpha value is -1.09. The summed E-state index contributed by atoms with van der Waals surface area (Å²) in [5, 5.41) is 3.51. The average Bonchev–Trinajstić information content (AvgIpc) is 2.88. The Kier molecular flexibility index (Phi) is 4.02. The molecule has 1 N–H and O–H groups in total. The fourth-order valence-corrected chi connectivity index (χ4v) is 3.27. The quantitative estimate of drug-likeness (QED) is 0.901. The summed E-state index contributed by atoms with van der Waals surface area (Å²) in [6, 6.07) is 4.41. The fraction of sp³-hybridized carbons (Fsp3) is 0.688. The Balaban J connectivity index is 1.45. The molecule has 1 aliphatic carbocycles. The third kappa shape index (κ3) is 3.27. The van der Waals surface area contributed by atoms with E-state index in [4.69, 9.17) is 4.98 Å². The third-order valence-corrected chi connectivity index (χ3v) is 4.63. The van der Waals surface area contributed by atoms with Crippen LogP contribution in [0.4, 0.5) is 5.82 Å². The van der Waals surface area contributed by atoms with Crippen LogP contribution in [0.1, 0.15) is 36.9 Å². The molecule has 0 spiro atoms. The Morgan fingerprint density at radius 2 is 2.11 bits per heavy atom. The second-order valence-corrected chi connectivity index (χ2v) is 6.12. The van der Waals surface area contributed by atoms with Gasteiger partial charge in [-0.05, 0) is 76.2 Å². The summed E-state index contributed by atoms with van der Waals surface area (Å²) in [5.41, 5.74) is 2.78. The zero-order valence-electron chi connectivity index (χ0n) is 12.0. The average molecular weight is 259 g/mol. The normalized spacial score (nSPS) is 20.5. The maximum absolute atomic E-state index is 4.73. The number of aromatic nitrogens is 1. The highest BCUT2D eigenvalue weighted by atomic mass is 15.1. The number of hydrogen-bond donors (Lipinski definition) is 1. The molecule has 1 saturated heterocycles. The second kappa shape index (κ2) is 5.91. The van der Waals surface area contributed by atoms with Gasteiger partial charge in [0.2, 0.25) is 0 Å². The monoisotopic (exact) mass is 259 g/mol. The number of hydrogen-bond acceptors (Lipinski definition) is 3. The molecule has 0 atom stereocenters. The predicted octanol–water partition coefficient (Wildman–Crippen LogP) is 2.71. The maximum Gasteiger partial charge on any atom is 0.126 e. The van der Waals surface area contributed by atoms with E-state index in [1.54, 1.807) is 0 Å². The molecule has 0 bridgehead atoms. The van der Waals surface area contributed by atoms with E-state index in [0.29, 0.717) is 0 Å². The van der Waals surface area contributed by atoms with Crippen molar-refractivity contribution < 1.29 is 0 Å². The molecule has 19 heavy (non-hydrogen) atoms. The molecular formula is C16H25N3. The van der Waals surface area contributed by atoms with E-state index in [1.165, 1.54) is 62.9 Å². The number of fused-ring (bicyclic) bond motifs is 1. The van der Waals surface area contributed by atoms with Gasteiger partial charge in [0.1, 0.15) is 5.82 Å². The van der Waals surface area contributed by atoms with Gasteiger partial charge in [-0.3, -0.25) is 0 Å². The lowest BCUT2D eigenvalue weighted by atomic mass is 9.94. The molecule has 1 fully saturated rings. The van der Waals surface area contributed by atoms with Gasteiger partial charge >= 0.3 is 0 Å². The molecule has 1 aromatic rings. The van der Waals surface area contributed by atoms with Crippen molar-refractivity contribution in [3.05, 3.63) is 23.4 Å². The van der Waals surface area contributed by atoms with Crippen LogP contribution in [0.25, 0.3) is 0 Å². The highest BCUT2D eigenvalue weighted by Crippen LogP contribution is 2.22. The summed E-state index contributed by atoms with van der Waals surface area (Å²) in [5.74, 6) is 1.98. The minimum absolute atomic E-state index is 0.901. The molecule has 0 saturated carbocycles. The molecule has 1 aromatic heterocycles. The molecule has 2 aliphatic rings. The predicted molar refractivity (Wildman–Crippen MR) is 79.6 cm³/mol. The van der Waals surface area contributed by atoms with E-state index in [1.807, 2.05) is 0 Å². The first kappa shape index (κ1) is 12.9. The van der Waals surface area contributed by atoms with Gasteiger partial charge in [0.15, 0.2) is 0 Å². The molecule has 104 valence electrons. The maximum atomic E-state index is 4.73. The standard InChI is InChI=1S/C16H25N3/c1-19-11-8-13(9-12-19)7-10-17-16-6-5-14-3-2-4-15(14)18-16/h5-6,13H,2-4,7-12H2,1H3,(H,17,18). The first-order valence-corrected chi connectivity index (χ1v) is 7.72. The van der Waals surface area contributed by atoms with Crippen molar-refractivity contribution in [2.24, 2.45) is 5.92 Å². The Bertz CT molecular complexity index is 422. The molecule has 3 nitrogen and oxygen atoms in total. The molecular weight excluding hydrogens is 234 g/mol. The van der Waals surface area contributed by atoms with Gasteiger partial charge in [0.25, 0.3) is 0 Å². The van der Waals surface area contributed by atoms with Gasteiger partial charge in [-0.25, -0.2) is 4.98 Å². The summed E-state index contributed by atoms with van der Waals surface area (Å²) in [6.45, 7) is 3.60. The number of likely N-dealkylation sites (tertiary alicyclic amines) is 1. The smallest absolute Gasteiger partial charge is 0.126 e. The first-order chi connectivity index (χ1) is 9.31. The van der Waals surface area contributed by atoms with E-state index in [9.17, 15) is 0 Å². The Morgan fingerprint density at radius 3 is 2.95 bits per heavy atom. The lowest BCUT2D eigenvalue weighted by molar-refractivity contribution is 0.215. The summed E-state index contributed by atoms with van der Waals surface area (Å²) in [7, 11) is 2.23. The Morgan fingerprint density at radius 1 is 1.26 bits per heavy atom. The second-order valence-electron chi connectivity index (χ2n) is 6.12. The molecule has 0 aromatic carbocycles. The summed E-state index contributed by atoms with van der Waals surface area (Å²) in [4.78, 5) is 7.17. The van der Waals surface area contributed by atoms with Crippen LogP contribution in [0, 0.1) is 5.92 Å². The summed E-state index contributed by atoms with van der Waals surface area (Å²) < 4.78 is 0. The van der Waals surface area contributed by atoms with Gasteiger partial charge < -0.3 is 10.2 Å². The van der Waals surface area contributed by atoms with Gasteiger partial charge in [0, 0.05) is 12.2 Å². The van der Waals surface area contributed by atoms with E-state index in [-0.39, 0.29) is 0 Å². The number of rotatable bonds is 4. The first-order valence-electron chi connectivity index (χ1n) is 7.72. The van der Waals surface area contributed by atoms with Gasteiger partial charge in [0.05, 0.1) is 0 Å². The van der Waals surface area contributed by atoms with Crippen molar-refractivity contribution >= 4 is 5.82 Å². The van der Waals surface area contributed by atoms with Crippen molar-refractivity contribution in [3.63, 3.8) is 0 Å². The number of aryl methyl sites for hydroxylation is 2. The fourth-order valence-electron chi connectivity index (χ4n) is 3.27. The highest BCUT2D eigenvalue weighted by Gasteiger charge is 2.16. The SMILES string of the molecule is CN1CCC(CCNc2ccc3c(n2)CCC3)CC1.